The summed E-state index contributed by atoms with van der Waals surface area (Å²) in [6.45, 7) is 2.80. The molecule has 0 unspecified atom stereocenters. The minimum Gasteiger partial charge on any atom is -0.395 e. The van der Waals surface area contributed by atoms with Gasteiger partial charge in [0.25, 0.3) is 0 Å². The largest absolute Gasteiger partial charge is 0.395 e. The van der Waals surface area contributed by atoms with Crippen molar-refractivity contribution in [2.45, 2.75) is 12.1 Å². The van der Waals surface area contributed by atoms with E-state index in [1.165, 1.54) is 0 Å². The number of carbonyl (C=O) groups is 1. The first-order chi connectivity index (χ1) is 11.6. The Morgan fingerprint density at radius 2 is 2.08 bits per heavy atom. The van der Waals surface area contributed by atoms with Crippen LogP contribution in [0.1, 0.15) is 11.6 Å². The van der Waals surface area contributed by atoms with Gasteiger partial charge in [0.05, 0.1) is 30.8 Å². The molecule has 2 heterocycles. The van der Waals surface area contributed by atoms with Gasteiger partial charge in [-0.3, -0.25) is 4.79 Å². The molecule has 0 aliphatic carbocycles. The third-order valence-corrected chi connectivity index (χ3v) is 4.98. The number of hydrogen-bond acceptors (Lipinski definition) is 5. The van der Waals surface area contributed by atoms with Crippen LogP contribution in [0.3, 0.4) is 0 Å². The number of likely N-dealkylation sites (N-methyl/N-ethyl adjacent to an activating group) is 1. The van der Waals surface area contributed by atoms with E-state index in [-0.39, 0.29) is 24.7 Å². The van der Waals surface area contributed by atoms with Crippen molar-refractivity contribution in [2.75, 3.05) is 53.5 Å². The molecule has 6 heteroatoms. The Kier molecular flexibility index (Phi) is 5.20. The van der Waals surface area contributed by atoms with Gasteiger partial charge in [-0.1, -0.05) is 30.3 Å². The van der Waals surface area contributed by atoms with E-state index in [0.717, 1.165) is 12.1 Å². The number of aliphatic hydroxyl groups excluding tert-OH is 1. The highest BCUT2D eigenvalue weighted by atomic mass is 16.5. The van der Waals surface area contributed by atoms with E-state index in [0.29, 0.717) is 26.2 Å². The molecule has 2 fully saturated rings. The van der Waals surface area contributed by atoms with Gasteiger partial charge in [0.1, 0.15) is 0 Å². The molecule has 0 bridgehead atoms. The van der Waals surface area contributed by atoms with Crippen molar-refractivity contribution in [3.05, 3.63) is 35.9 Å². The van der Waals surface area contributed by atoms with Crippen LogP contribution in [0.25, 0.3) is 0 Å². The number of aliphatic hydroxyl groups is 1. The highest BCUT2D eigenvalue weighted by Crippen LogP contribution is 2.35. The smallest absolute Gasteiger partial charge is 0.234 e. The first kappa shape index (κ1) is 17.4. The zero-order valence-corrected chi connectivity index (χ0v) is 14.4. The number of hydrogen-bond donors (Lipinski definition) is 2. The molecule has 0 radical (unpaired) electrons. The van der Waals surface area contributed by atoms with Crippen LogP contribution in [0.2, 0.25) is 0 Å². The quantitative estimate of drug-likeness (QED) is 0.800. The predicted molar refractivity (Wildman–Crippen MR) is 91.6 cm³/mol. The zero-order valence-electron chi connectivity index (χ0n) is 14.4. The maximum Gasteiger partial charge on any atom is 0.234 e. The normalized spacial score (nSPS) is 26.2. The van der Waals surface area contributed by atoms with E-state index >= 15 is 0 Å². The molecule has 2 aliphatic heterocycles. The number of amides is 1. The summed E-state index contributed by atoms with van der Waals surface area (Å²) in [7, 11) is 4.02. The summed E-state index contributed by atoms with van der Waals surface area (Å²) in [6.07, 6.45) is -0.0797. The zero-order chi connectivity index (χ0) is 17.2. The number of nitrogens with one attached hydrogen (secondary N) is 1. The predicted octanol–water partition coefficient (Wildman–Crippen LogP) is 0.0986. The molecule has 0 spiro atoms. The van der Waals surface area contributed by atoms with Crippen LogP contribution < -0.4 is 5.32 Å². The fourth-order valence-electron chi connectivity index (χ4n) is 3.58. The third kappa shape index (κ3) is 3.19. The Balaban J connectivity index is 1.91. The highest BCUT2D eigenvalue weighted by molar-refractivity contribution is 5.85. The van der Waals surface area contributed by atoms with Crippen LogP contribution in [-0.2, 0) is 9.53 Å². The minimum absolute atomic E-state index is 0.0321. The van der Waals surface area contributed by atoms with Crippen LogP contribution in [0.4, 0.5) is 0 Å². The maximum absolute atomic E-state index is 13.2. The lowest BCUT2D eigenvalue weighted by Gasteiger charge is -2.48. The Labute approximate surface area is 143 Å². The lowest BCUT2D eigenvalue weighted by Crippen LogP contribution is -2.66. The average Bonchev–Trinajstić information content (AvgIpc) is 2.54. The lowest BCUT2D eigenvalue weighted by molar-refractivity contribution is -0.164. The van der Waals surface area contributed by atoms with Crippen LogP contribution in [0, 0.1) is 5.41 Å². The second-order valence-corrected chi connectivity index (χ2v) is 7.07. The molecule has 1 amide bonds. The standard InChI is InChI=1S/C18H27N3O3/c1-20(2)10-15-16(14-6-4-3-5-7-14)21(8-9-24-15)17(23)18(13-22)11-19-12-18/h3-7,15-16,19,22H,8-13H2,1-2H3/t15-,16-/m0/s1. The molecular weight excluding hydrogens is 306 g/mol. The van der Waals surface area contributed by atoms with Gasteiger partial charge in [0, 0.05) is 26.2 Å². The lowest BCUT2D eigenvalue weighted by atomic mass is 9.80. The summed E-state index contributed by atoms with van der Waals surface area (Å²) in [5.41, 5.74) is 0.408. The maximum atomic E-state index is 13.2. The minimum atomic E-state index is -0.674. The van der Waals surface area contributed by atoms with Crippen molar-refractivity contribution in [2.24, 2.45) is 5.41 Å². The number of nitrogens with zero attached hydrogens (tertiary/aromatic N) is 2. The van der Waals surface area contributed by atoms with E-state index in [1.54, 1.807) is 0 Å². The summed E-state index contributed by atoms with van der Waals surface area (Å²) in [6, 6.07) is 9.93. The van der Waals surface area contributed by atoms with E-state index in [4.69, 9.17) is 4.74 Å². The van der Waals surface area contributed by atoms with Gasteiger partial charge in [0.2, 0.25) is 5.91 Å². The molecule has 24 heavy (non-hydrogen) atoms. The molecule has 3 rings (SSSR count). The number of rotatable bonds is 5. The monoisotopic (exact) mass is 333 g/mol. The average molecular weight is 333 g/mol. The molecule has 2 atom stereocenters. The molecule has 2 N–H and O–H groups in total. The van der Waals surface area contributed by atoms with Crippen LogP contribution in [-0.4, -0.2) is 80.4 Å². The van der Waals surface area contributed by atoms with Gasteiger partial charge >= 0.3 is 0 Å². The second-order valence-electron chi connectivity index (χ2n) is 7.07. The van der Waals surface area contributed by atoms with E-state index < -0.39 is 5.41 Å². The number of ether oxygens (including phenoxy) is 1. The van der Waals surface area contributed by atoms with Gasteiger partial charge in [-0.05, 0) is 19.7 Å². The van der Waals surface area contributed by atoms with Gasteiger partial charge in [-0.15, -0.1) is 0 Å². The second kappa shape index (κ2) is 7.19. The van der Waals surface area contributed by atoms with E-state index in [1.807, 2.05) is 49.3 Å². The van der Waals surface area contributed by atoms with Crippen molar-refractivity contribution < 1.29 is 14.6 Å². The Morgan fingerprint density at radius 1 is 1.38 bits per heavy atom. The number of morpholine rings is 1. The molecule has 0 saturated carbocycles. The molecule has 2 aliphatic rings. The fourth-order valence-corrected chi connectivity index (χ4v) is 3.58. The van der Waals surface area contributed by atoms with Gasteiger partial charge in [-0.25, -0.2) is 0 Å². The Hall–Kier alpha value is -1.47. The van der Waals surface area contributed by atoms with Gasteiger partial charge in [0.15, 0.2) is 0 Å². The molecule has 1 aromatic carbocycles. The third-order valence-electron chi connectivity index (χ3n) is 4.98. The van der Waals surface area contributed by atoms with Crippen molar-refractivity contribution >= 4 is 5.91 Å². The fraction of sp³-hybridized carbons (Fsp3) is 0.611. The SMILES string of the molecule is CN(C)C[C@@H]1OCCN(C(=O)C2(CO)CNC2)[C@H]1c1ccccc1. The van der Waals surface area contributed by atoms with Gasteiger partial charge < -0.3 is 25.0 Å². The number of carbonyl (C=O) groups excluding carboxylic acids is 1. The highest BCUT2D eigenvalue weighted by Gasteiger charge is 2.49. The van der Waals surface area contributed by atoms with Crippen molar-refractivity contribution in [1.82, 2.24) is 15.1 Å². The molecule has 132 valence electrons. The summed E-state index contributed by atoms with van der Waals surface area (Å²) in [4.78, 5) is 17.2. The first-order valence-corrected chi connectivity index (χ1v) is 8.51. The Bertz CT molecular complexity index is 554. The molecule has 0 aromatic heterocycles. The van der Waals surface area contributed by atoms with Crippen molar-refractivity contribution in [3.8, 4) is 0 Å². The van der Waals surface area contributed by atoms with Gasteiger partial charge in [-0.2, -0.15) is 0 Å². The van der Waals surface area contributed by atoms with E-state index in [2.05, 4.69) is 10.2 Å². The molecule has 1 aromatic rings. The Morgan fingerprint density at radius 3 is 2.62 bits per heavy atom. The van der Waals surface area contributed by atoms with Crippen LogP contribution >= 0.6 is 0 Å². The molecular formula is C18H27N3O3. The first-order valence-electron chi connectivity index (χ1n) is 8.51. The van der Waals surface area contributed by atoms with Crippen LogP contribution in [0.15, 0.2) is 30.3 Å². The number of benzene rings is 1. The topological polar surface area (TPSA) is 65.0 Å². The van der Waals surface area contributed by atoms with Crippen molar-refractivity contribution in [3.63, 3.8) is 0 Å². The van der Waals surface area contributed by atoms with Crippen molar-refractivity contribution in [1.29, 1.82) is 0 Å². The molecule has 6 nitrogen and oxygen atoms in total. The summed E-state index contributed by atoms with van der Waals surface area (Å²) in [5.74, 6) is 0.0321. The summed E-state index contributed by atoms with van der Waals surface area (Å²) in [5, 5.41) is 12.9. The molecule has 2 saturated heterocycles. The summed E-state index contributed by atoms with van der Waals surface area (Å²) < 4.78 is 6.02. The van der Waals surface area contributed by atoms with E-state index in [9.17, 15) is 9.90 Å². The summed E-state index contributed by atoms with van der Waals surface area (Å²) >= 11 is 0. The van der Waals surface area contributed by atoms with Crippen LogP contribution in [0.5, 0.6) is 0 Å².